The Labute approximate surface area is 64.9 Å². The highest BCUT2D eigenvalue weighted by Gasteiger charge is 2.03. The predicted molar refractivity (Wildman–Crippen MR) is 36.8 cm³/mol. The Morgan fingerprint density at radius 2 is 2.44 bits per heavy atom. The Balaban J connectivity index is 3.11. The van der Waals surface area contributed by atoms with E-state index in [1.54, 1.807) is 0 Å². The maximum Gasteiger partial charge on any atom is 0.208 e. The normalized spacial score (nSPS) is 9.56. The van der Waals surface area contributed by atoms with Gasteiger partial charge in [-0.15, -0.1) is 0 Å². The third-order valence-corrected chi connectivity index (χ3v) is 1.88. The standard InChI is InChI=1S/C5H2BrClO2/c6-4-1-3(2-8)9-5(4)7/h1-2H. The molecule has 0 spiro atoms. The van der Waals surface area contributed by atoms with Crippen LogP contribution in [-0.4, -0.2) is 6.29 Å². The highest BCUT2D eigenvalue weighted by molar-refractivity contribution is 9.10. The number of hydrogen-bond acceptors (Lipinski definition) is 2. The molecule has 1 rings (SSSR count). The van der Waals surface area contributed by atoms with Crippen molar-refractivity contribution in [1.82, 2.24) is 0 Å². The summed E-state index contributed by atoms with van der Waals surface area (Å²) in [6, 6.07) is 1.51. The van der Waals surface area contributed by atoms with E-state index in [2.05, 4.69) is 15.9 Å². The molecule has 0 aromatic carbocycles. The summed E-state index contributed by atoms with van der Waals surface area (Å²) < 4.78 is 5.32. The average Bonchev–Trinajstić information content (AvgIpc) is 2.13. The maximum absolute atomic E-state index is 10.00. The van der Waals surface area contributed by atoms with Crippen molar-refractivity contribution in [2.24, 2.45) is 0 Å². The van der Waals surface area contributed by atoms with Crippen LogP contribution in [0.5, 0.6) is 0 Å². The molecule has 0 radical (unpaired) electrons. The van der Waals surface area contributed by atoms with E-state index in [0.29, 0.717) is 10.8 Å². The van der Waals surface area contributed by atoms with Gasteiger partial charge in [-0.05, 0) is 27.5 Å². The highest BCUT2D eigenvalue weighted by atomic mass is 79.9. The molecule has 48 valence electrons. The maximum atomic E-state index is 10.00. The molecule has 0 aliphatic heterocycles. The molecular weight excluding hydrogens is 207 g/mol. The number of hydrogen-bond donors (Lipinski definition) is 0. The van der Waals surface area contributed by atoms with Gasteiger partial charge >= 0.3 is 0 Å². The van der Waals surface area contributed by atoms with E-state index in [1.807, 2.05) is 0 Å². The van der Waals surface area contributed by atoms with E-state index in [4.69, 9.17) is 16.0 Å². The van der Waals surface area contributed by atoms with Crippen molar-refractivity contribution in [1.29, 1.82) is 0 Å². The second-order valence-electron chi connectivity index (χ2n) is 1.39. The molecule has 1 aromatic rings. The molecule has 0 amide bonds. The number of halogens is 2. The molecule has 9 heavy (non-hydrogen) atoms. The summed E-state index contributed by atoms with van der Waals surface area (Å²) in [5, 5.41) is 0.206. The van der Waals surface area contributed by atoms with Crippen LogP contribution >= 0.6 is 27.5 Å². The molecule has 4 heteroatoms. The summed E-state index contributed by atoms with van der Waals surface area (Å²) in [5.41, 5.74) is 0. The lowest BCUT2D eigenvalue weighted by molar-refractivity contribution is 0.110. The monoisotopic (exact) mass is 208 g/mol. The molecule has 1 aromatic heterocycles. The molecule has 0 atom stereocenters. The SMILES string of the molecule is O=Cc1cc(Br)c(Cl)o1. The zero-order valence-corrected chi connectivity index (χ0v) is 6.57. The van der Waals surface area contributed by atoms with Crippen molar-refractivity contribution in [2.45, 2.75) is 0 Å². The van der Waals surface area contributed by atoms with Gasteiger partial charge in [0, 0.05) is 6.07 Å². The number of carbonyl (C=O) groups is 1. The van der Waals surface area contributed by atoms with Crippen molar-refractivity contribution in [3.63, 3.8) is 0 Å². The Morgan fingerprint density at radius 1 is 1.78 bits per heavy atom. The molecule has 0 fully saturated rings. The number of aldehydes is 1. The Morgan fingerprint density at radius 3 is 2.67 bits per heavy atom. The molecule has 0 aliphatic carbocycles. The van der Waals surface area contributed by atoms with E-state index < -0.39 is 0 Å². The van der Waals surface area contributed by atoms with Crippen LogP contribution in [0.15, 0.2) is 15.0 Å². The van der Waals surface area contributed by atoms with Crippen LogP contribution in [0.3, 0.4) is 0 Å². The minimum Gasteiger partial charge on any atom is -0.441 e. The zero-order chi connectivity index (χ0) is 6.85. The first-order valence-electron chi connectivity index (χ1n) is 2.14. The third-order valence-electron chi connectivity index (χ3n) is 0.780. The van der Waals surface area contributed by atoms with E-state index in [-0.39, 0.29) is 11.0 Å². The van der Waals surface area contributed by atoms with E-state index >= 15 is 0 Å². The van der Waals surface area contributed by atoms with Crippen LogP contribution in [0.2, 0.25) is 5.22 Å². The Bertz CT molecular complexity index is 211. The summed E-state index contributed by atoms with van der Waals surface area (Å²) >= 11 is 8.51. The quantitative estimate of drug-likeness (QED) is 0.665. The Hall–Kier alpha value is -0.280. The summed E-state index contributed by atoms with van der Waals surface area (Å²) in [4.78, 5) is 10.00. The van der Waals surface area contributed by atoms with Crippen LogP contribution in [0.25, 0.3) is 0 Å². The lowest BCUT2D eigenvalue weighted by atomic mass is 10.5. The van der Waals surface area contributed by atoms with Gasteiger partial charge in [-0.2, -0.15) is 0 Å². The first kappa shape index (κ1) is 6.83. The summed E-state index contributed by atoms with van der Waals surface area (Å²) in [6.45, 7) is 0. The predicted octanol–water partition coefficient (Wildman–Crippen LogP) is 2.51. The van der Waals surface area contributed by atoms with Gasteiger partial charge in [0.1, 0.15) is 0 Å². The van der Waals surface area contributed by atoms with E-state index in [0.717, 1.165) is 0 Å². The second-order valence-corrected chi connectivity index (χ2v) is 2.59. The van der Waals surface area contributed by atoms with Gasteiger partial charge in [0.05, 0.1) is 4.47 Å². The fraction of sp³-hybridized carbons (Fsp3) is 0. The summed E-state index contributed by atoms with van der Waals surface area (Å²) in [7, 11) is 0. The van der Waals surface area contributed by atoms with Gasteiger partial charge in [0.25, 0.3) is 0 Å². The number of carbonyl (C=O) groups excluding carboxylic acids is 1. The second kappa shape index (κ2) is 2.54. The average molecular weight is 209 g/mol. The van der Waals surface area contributed by atoms with Gasteiger partial charge in [0.2, 0.25) is 5.22 Å². The molecular formula is C5H2BrClO2. The minimum atomic E-state index is 0.206. The van der Waals surface area contributed by atoms with E-state index in [9.17, 15) is 4.79 Å². The van der Waals surface area contributed by atoms with Crippen LogP contribution in [0.4, 0.5) is 0 Å². The van der Waals surface area contributed by atoms with Gasteiger partial charge in [0.15, 0.2) is 12.0 Å². The lowest BCUT2D eigenvalue weighted by Gasteiger charge is -1.75. The van der Waals surface area contributed by atoms with Gasteiger partial charge < -0.3 is 4.42 Å². The molecule has 0 aliphatic rings. The van der Waals surface area contributed by atoms with Crippen molar-refractivity contribution in [2.75, 3.05) is 0 Å². The van der Waals surface area contributed by atoms with Gasteiger partial charge in [-0.1, -0.05) is 0 Å². The third kappa shape index (κ3) is 1.34. The fourth-order valence-corrected chi connectivity index (χ4v) is 0.872. The van der Waals surface area contributed by atoms with Crippen LogP contribution in [0.1, 0.15) is 10.6 Å². The minimum absolute atomic E-state index is 0.206. The first-order chi connectivity index (χ1) is 4.24. The highest BCUT2D eigenvalue weighted by Crippen LogP contribution is 2.24. The van der Waals surface area contributed by atoms with Crippen molar-refractivity contribution < 1.29 is 9.21 Å². The van der Waals surface area contributed by atoms with Crippen LogP contribution in [-0.2, 0) is 0 Å². The van der Waals surface area contributed by atoms with Gasteiger partial charge in [-0.3, -0.25) is 4.79 Å². The van der Waals surface area contributed by atoms with Crippen LogP contribution < -0.4 is 0 Å². The summed E-state index contributed by atoms with van der Waals surface area (Å²) in [5.74, 6) is 0.229. The molecule has 2 nitrogen and oxygen atoms in total. The van der Waals surface area contributed by atoms with E-state index in [1.165, 1.54) is 6.07 Å². The molecule has 0 unspecified atom stereocenters. The molecule has 0 N–H and O–H groups in total. The summed E-state index contributed by atoms with van der Waals surface area (Å²) in [6.07, 6.45) is 0.594. The molecule has 0 saturated carbocycles. The topological polar surface area (TPSA) is 30.2 Å². The first-order valence-corrected chi connectivity index (χ1v) is 3.31. The van der Waals surface area contributed by atoms with Crippen molar-refractivity contribution in [3.05, 3.63) is 21.5 Å². The van der Waals surface area contributed by atoms with Crippen LogP contribution in [0, 0.1) is 0 Å². The molecule has 0 bridgehead atoms. The fourth-order valence-electron chi connectivity index (χ4n) is 0.421. The van der Waals surface area contributed by atoms with Crippen molar-refractivity contribution >= 4 is 33.8 Å². The lowest BCUT2D eigenvalue weighted by Crippen LogP contribution is -1.65. The Kier molecular flexibility index (Phi) is 1.93. The number of rotatable bonds is 1. The van der Waals surface area contributed by atoms with Gasteiger partial charge in [-0.25, -0.2) is 0 Å². The largest absolute Gasteiger partial charge is 0.441 e. The molecule has 0 saturated heterocycles. The smallest absolute Gasteiger partial charge is 0.208 e. The number of furan rings is 1. The van der Waals surface area contributed by atoms with Crippen molar-refractivity contribution in [3.8, 4) is 0 Å². The molecule has 1 heterocycles. The zero-order valence-electron chi connectivity index (χ0n) is 4.23.